The van der Waals surface area contributed by atoms with Crippen molar-refractivity contribution in [3.63, 3.8) is 0 Å². The molecule has 3 nitrogen and oxygen atoms in total. The minimum Gasteiger partial charge on any atom is -0.508 e. The molecule has 0 unspecified atom stereocenters. The number of phenolic OH excluding ortho intramolecular Hbond substituents is 1. The average molecular weight is 149 g/mol. The van der Waals surface area contributed by atoms with E-state index in [0.29, 0.717) is 5.39 Å². The van der Waals surface area contributed by atoms with Crippen LogP contribution in [-0.2, 0) is 0 Å². The van der Waals surface area contributed by atoms with Crippen LogP contribution in [0.3, 0.4) is 0 Å². The standard InChI is InChI=1S/C8H7NO2/c10-6-2-1-5-4-9-8(11)7(5)3-6/h1-4,9-11H. The maximum Gasteiger partial charge on any atom is 0.196 e. The minimum atomic E-state index is 0.0934. The predicted octanol–water partition coefficient (Wildman–Crippen LogP) is 1.58. The van der Waals surface area contributed by atoms with Gasteiger partial charge < -0.3 is 15.2 Å². The van der Waals surface area contributed by atoms with E-state index < -0.39 is 0 Å². The molecule has 1 aromatic heterocycles. The summed E-state index contributed by atoms with van der Waals surface area (Å²) in [6.07, 6.45) is 1.68. The second-order valence-corrected chi connectivity index (χ2v) is 2.41. The van der Waals surface area contributed by atoms with Crippen molar-refractivity contribution in [2.75, 3.05) is 0 Å². The molecule has 0 radical (unpaired) electrons. The summed E-state index contributed by atoms with van der Waals surface area (Å²) in [5.41, 5.74) is 0. The van der Waals surface area contributed by atoms with Gasteiger partial charge in [-0.15, -0.1) is 0 Å². The Labute approximate surface area is 62.9 Å². The summed E-state index contributed by atoms with van der Waals surface area (Å²) in [5, 5.41) is 19.7. The van der Waals surface area contributed by atoms with Crippen molar-refractivity contribution >= 4 is 10.8 Å². The van der Waals surface area contributed by atoms with Crippen LogP contribution in [0, 0.1) is 0 Å². The maximum atomic E-state index is 9.17. The summed E-state index contributed by atoms with van der Waals surface area (Å²) in [7, 11) is 0. The van der Waals surface area contributed by atoms with Crippen LogP contribution >= 0.6 is 0 Å². The molecule has 0 spiro atoms. The average Bonchev–Trinajstić information content (AvgIpc) is 2.33. The Morgan fingerprint density at radius 1 is 1.18 bits per heavy atom. The number of fused-ring (bicyclic) bond motifs is 1. The Balaban J connectivity index is 2.87. The molecule has 11 heavy (non-hydrogen) atoms. The summed E-state index contributed by atoms with van der Waals surface area (Å²) in [6.45, 7) is 0. The van der Waals surface area contributed by atoms with E-state index in [1.807, 2.05) is 0 Å². The van der Waals surface area contributed by atoms with Crippen LogP contribution in [0.1, 0.15) is 0 Å². The Morgan fingerprint density at radius 3 is 2.82 bits per heavy atom. The Morgan fingerprint density at radius 2 is 2.00 bits per heavy atom. The zero-order chi connectivity index (χ0) is 7.84. The summed E-state index contributed by atoms with van der Waals surface area (Å²) in [5.74, 6) is 0.253. The molecule has 0 fully saturated rings. The molecule has 0 aliphatic heterocycles. The molecule has 0 aliphatic rings. The first-order valence-electron chi connectivity index (χ1n) is 3.26. The number of H-pyrrole nitrogens is 1. The molecule has 1 aromatic carbocycles. The van der Waals surface area contributed by atoms with Crippen molar-refractivity contribution in [2.45, 2.75) is 0 Å². The van der Waals surface area contributed by atoms with Crippen LogP contribution in [0.2, 0.25) is 0 Å². The second kappa shape index (κ2) is 1.92. The first-order chi connectivity index (χ1) is 5.27. The summed E-state index contributed by atoms with van der Waals surface area (Å²) >= 11 is 0. The van der Waals surface area contributed by atoms with Crippen LogP contribution < -0.4 is 0 Å². The van der Waals surface area contributed by atoms with Crippen molar-refractivity contribution in [1.82, 2.24) is 4.98 Å². The van der Waals surface area contributed by atoms with Gasteiger partial charge in [0, 0.05) is 17.0 Å². The molecule has 0 aliphatic carbocycles. The van der Waals surface area contributed by atoms with Crippen molar-refractivity contribution in [3.8, 4) is 11.6 Å². The van der Waals surface area contributed by atoms with Crippen molar-refractivity contribution < 1.29 is 10.2 Å². The highest BCUT2D eigenvalue weighted by Gasteiger charge is 2.00. The molecule has 0 bridgehead atoms. The zero-order valence-electron chi connectivity index (χ0n) is 5.70. The van der Waals surface area contributed by atoms with Gasteiger partial charge in [-0.05, 0) is 18.2 Å². The summed E-state index contributed by atoms with van der Waals surface area (Å²) in [4.78, 5) is 2.65. The van der Waals surface area contributed by atoms with Gasteiger partial charge in [-0.1, -0.05) is 0 Å². The number of hydrogen-bond donors (Lipinski definition) is 3. The predicted molar refractivity (Wildman–Crippen MR) is 41.6 cm³/mol. The lowest BCUT2D eigenvalue weighted by atomic mass is 10.2. The van der Waals surface area contributed by atoms with Gasteiger partial charge in [0.1, 0.15) is 5.75 Å². The fourth-order valence-electron chi connectivity index (χ4n) is 1.10. The summed E-state index contributed by atoms with van der Waals surface area (Å²) in [6, 6.07) is 4.83. The molecule has 0 atom stereocenters. The van der Waals surface area contributed by atoms with Crippen LogP contribution in [0.5, 0.6) is 11.6 Å². The third-order valence-corrected chi connectivity index (χ3v) is 1.66. The number of rotatable bonds is 0. The monoisotopic (exact) mass is 149 g/mol. The molecule has 3 N–H and O–H groups in total. The Kier molecular flexibility index (Phi) is 1.06. The van der Waals surface area contributed by atoms with E-state index in [-0.39, 0.29) is 11.6 Å². The lowest BCUT2D eigenvalue weighted by molar-refractivity contribution is 0.460. The number of nitrogens with one attached hydrogen (secondary N) is 1. The highest BCUT2D eigenvalue weighted by Crippen LogP contribution is 2.26. The lowest BCUT2D eigenvalue weighted by Gasteiger charge is -1.91. The Bertz CT molecular complexity index is 392. The number of aromatic nitrogens is 1. The van der Waals surface area contributed by atoms with Gasteiger partial charge in [0.25, 0.3) is 0 Å². The fourth-order valence-corrected chi connectivity index (χ4v) is 1.10. The SMILES string of the molecule is Oc1ccc2c[nH]c(O)c2c1. The highest BCUT2D eigenvalue weighted by molar-refractivity contribution is 5.88. The molecule has 56 valence electrons. The van der Waals surface area contributed by atoms with Gasteiger partial charge in [0.05, 0.1) is 0 Å². The topological polar surface area (TPSA) is 56.2 Å². The molecule has 0 saturated heterocycles. The van der Waals surface area contributed by atoms with Gasteiger partial charge in [0.15, 0.2) is 5.88 Å². The van der Waals surface area contributed by atoms with Crippen LogP contribution in [0.15, 0.2) is 24.4 Å². The third-order valence-electron chi connectivity index (χ3n) is 1.66. The van der Waals surface area contributed by atoms with Crippen molar-refractivity contribution in [2.24, 2.45) is 0 Å². The first-order valence-corrected chi connectivity index (χ1v) is 3.26. The molecular weight excluding hydrogens is 142 g/mol. The number of hydrogen-bond acceptors (Lipinski definition) is 2. The van der Waals surface area contributed by atoms with Crippen LogP contribution in [0.4, 0.5) is 0 Å². The normalized spacial score (nSPS) is 10.5. The quantitative estimate of drug-likeness (QED) is 0.532. The van der Waals surface area contributed by atoms with E-state index in [9.17, 15) is 0 Å². The molecule has 2 aromatic rings. The maximum absolute atomic E-state index is 9.17. The van der Waals surface area contributed by atoms with Crippen molar-refractivity contribution in [1.29, 1.82) is 0 Å². The molecular formula is C8H7NO2. The minimum absolute atomic E-state index is 0.0934. The largest absolute Gasteiger partial charge is 0.508 e. The molecule has 0 saturated carbocycles. The van der Waals surface area contributed by atoms with E-state index in [0.717, 1.165) is 5.39 Å². The van der Waals surface area contributed by atoms with Crippen LogP contribution in [0.25, 0.3) is 10.8 Å². The zero-order valence-corrected chi connectivity index (χ0v) is 5.70. The third kappa shape index (κ3) is 0.816. The van der Waals surface area contributed by atoms with E-state index in [1.54, 1.807) is 18.3 Å². The first kappa shape index (κ1) is 6.09. The van der Waals surface area contributed by atoms with E-state index in [4.69, 9.17) is 10.2 Å². The van der Waals surface area contributed by atoms with Gasteiger partial charge in [-0.2, -0.15) is 0 Å². The second-order valence-electron chi connectivity index (χ2n) is 2.41. The Hall–Kier alpha value is -1.64. The van der Waals surface area contributed by atoms with Gasteiger partial charge >= 0.3 is 0 Å². The van der Waals surface area contributed by atoms with E-state index in [1.165, 1.54) is 6.07 Å². The molecule has 1 heterocycles. The van der Waals surface area contributed by atoms with Gasteiger partial charge in [0.2, 0.25) is 0 Å². The van der Waals surface area contributed by atoms with Gasteiger partial charge in [-0.25, -0.2) is 0 Å². The summed E-state index contributed by atoms with van der Waals surface area (Å²) < 4.78 is 0. The van der Waals surface area contributed by atoms with E-state index >= 15 is 0 Å². The highest BCUT2D eigenvalue weighted by atomic mass is 16.3. The van der Waals surface area contributed by atoms with Crippen LogP contribution in [-0.4, -0.2) is 15.2 Å². The van der Waals surface area contributed by atoms with Gasteiger partial charge in [-0.3, -0.25) is 0 Å². The number of aromatic hydroxyl groups is 2. The molecule has 2 rings (SSSR count). The lowest BCUT2D eigenvalue weighted by Crippen LogP contribution is -1.65. The van der Waals surface area contributed by atoms with E-state index in [2.05, 4.69) is 4.98 Å². The molecule has 3 heteroatoms. The smallest absolute Gasteiger partial charge is 0.196 e. The number of aromatic amines is 1. The molecule has 0 amide bonds. The number of phenols is 1. The van der Waals surface area contributed by atoms with Crippen molar-refractivity contribution in [3.05, 3.63) is 24.4 Å². The fraction of sp³-hybridized carbons (Fsp3) is 0. The number of benzene rings is 1.